The Labute approximate surface area is 111 Å². The predicted molar refractivity (Wildman–Crippen MR) is 71.8 cm³/mol. The summed E-state index contributed by atoms with van der Waals surface area (Å²) in [6.07, 6.45) is 1.40. The quantitative estimate of drug-likeness (QED) is 0.800. The number of fused-ring (bicyclic) bond motifs is 1. The number of nitrogens with zero attached hydrogens (tertiary/aromatic N) is 3. The minimum Gasteiger partial charge on any atom is -0.339 e. The van der Waals surface area contributed by atoms with E-state index in [-0.39, 0.29) is 5.91 Å². The van der Waals surface area contributed by atoms with Crippen molar-refractivity contribution in [2.24, 2.45) is 0 Å². The van der Waals surface area contributed by atoms with Crippen molar-refractivity contribution >= 4 is 28.4 Å². The van der Waals surface area contributed by atoms with Crippen LogP contribution in [0.5, 0.6) is 0 Å². The average Bonchev–Trinajstić information content (AvgIpc) is 2.40. The maximum absolute atomic E-state index is 12.2. The minimum atomic E-state index is 0.0108. The molecule has 1 amide bonds. The second kappa shape index (κ2) is 5.31. The molecule has 0 aliphatic heterocycles. The third kappa shape index (κ3) is 2.29. The zero-order valence-electron chi connectivity index (χ0n) is 10.4. The van der Waals surface area contributed by atoms with Gasteiger partial charge in [0.05, 0.1) is 5.52 Å². The average molecular weight is 264 g/mol. The van der Waals surface area contributed by atoms with Crippen LogP contribution in [0.3, 0.4) is 0 Å². The van der Waals surface area contributed by atoms with E-state index in [4.69, 9.17) is 11.6 Å². The van der Waals surface area contributed by atoms with E-state index in [1.807, 2.05) is 13.8 Å². The van der Waals surface area contributed by atoms with Gasteiger partial charge >= 0.3 is 0 Å². The maximum atomic E-state index is 12.2. The van der Waals surface area contributed by atoms with E-state index in [1.54, 1.807) is 23.1 Å². The second-order valence-electron chi connectivity index (χ2n) is 3.87. The van der Waals surface area contributed by atoms with E-state index >= 15 is 0 Å². The standard InChI is InChI=1S/C13H14ClN3O/c1-3-17(4-2)13(18)9-5-6-10-11(7-9)15-8-16-12(10)14/h5-8H,3-4H2,1-2H3. The van der Waals surface area contributed by atoms with Crippen molar-refractivity contribution < 1.29 is 4.79 Å². The van der Waals surface area contributed by atoms with Gasteiger partial charge in [0, 0.05) is 24.0 Å². The minimum absolute atomic E-state index is 0.0108. The fourth-order valence-electron chi connectivity index (χ4n) is 1.85. The predicted octanol–water partition coefficient (Wildman–Crippen LogP) is 2.77. The molecule has 5 heteroatoms. The van der Waals surface area contributed by atoms with Crippen LogP contribution in [0.15, 0.2) is 24.5 Å². The maximum Gasteiger partial charge on any atom is 0.253 e. The first-order valence-corrected chi connectivity index (χ1v) is 6.24. The molecule has 0 bridgehead atoms. The highest BCUT2D eigenvalue weighted by molar-refractivity contribution is 6.34. The first-order valence-electron chi connectivity index (χ1n) is 5.87. The summed E-state index contributed by atoms with van der Waals surface area (Å²) in [6.45, 7) is 5.30. The molecule has 18 heavy (non-hydrogen) atoms. The van der Waals surface area contributed by atoms with Crippen molar-refractivity contribution in [3.8, 4) is 0 Å². The first kappa shape index (κ1) is 12.8. The van der Waals surface area contributed by atoms with Gasteiger partial charge in [-0.2, -0.15) is 0 Å². The molecular weight excluding hydrogens is 250 g/mol. The molecular formula is C13H14ClN3O. The van der Waals surface area contributed by atoms with E-state index in [0.717, 1.165) is 5.39 Å². The number of hydrogen-bond donors (Lipinski definition) is 0. The van der Waals surface area contributed by atoms with Crippen molar-refractivity contribution in [1.29, 1.82) is 0 Å². The molecule has 94 valence electrons. The van der Waals surface area contributed by atoms with Gasteiger partial charge in [0.15, 0.2) is 0 Å². The fourth-order valence-corrected chi connectivity index (χ4v) is 2.05. The molecule has 0 fully saturated rings. The second-order valence-corrected chi connectivity index (χ2v) is 4.23. The number of rotatable bonds is 3. The molecule has 2 rings (SSSR count). The van der Waals surface area contributed by atoms with Gasteiger partial charge in [-0.25, -0.2) is 9.97 Å². The molecule has 0 radical (unpaired) electrons. The summed E-state index contributed by atoms with van der Waals surface area (Å²) in [7, 11) is 0. The summed E-state index contributed by atoms with van der Waals surface area (Å²) < 4.78 is 0. The van der Waals surface area contributed by atoms with E-state index < -0.39 is 0 Å². The van der Waals surface area contributed by atoms with Crippen LogP contribution >= 0.6 is 11.6 Å². The zero-order valence-corrected chi connectivity index (χ0v) is 11.1. The number of carbonyl (C=O) groups is 1. The molecule has 1 heterocycles. The third-order valence-corrected chi connectivity index (χ3v) is 3.19. The van der Waals surface area contributed by atoms with Gasteiger partial charge in [0.25, 0.3) is 5.91 Å². The molecule has 0 atom stereocenters. The molecule has 0 aliphatic carbocycles. The largest absolute Gasteiger partial charge is 0.339 e. The number of hydrogen-bond acceptors (Lipinski definition) is 3. The fraction of sp³-hybridized carbons (Fsp3) is 0.308. The summed E-state index contributed by atoms with van der Waals surface area (Å²) in [5.41, 5.74) is 1.31. The number of aromatic nitrogens is 2. The molecule has 0 aliphatic rings. The van der Waals surface area contributed by atoms with Crippen LogP contribution in [-0.4, -0.2) is 33.9 Å². The molecule has 4 nitrogen and oxygen atoms in total. The van der Waals surface area contributed by atoms with Gasteiger partial charge in [0.1, 0.15) is 11.5 Å². The zero-order chi connectivity index (χ0) is 13.1. The summed E-state index contributed by atoms with van der Waals surface area (Å²) in [4.78, 5) is 22.0. The summed E-state index contributed by atoms with van der Waals surface area (Å²) in [5.74, 6) is 0.0108. The van der Waals surface area contributed by atoms with E-state index in [2.05, 4.69) is 9.97 Å². The molecule has 0 spiro atoms. The molecule has 0 saturated carbocycles. The number of benzene rings is 1. The summed E-state index contributed by atoms with van der Waals surface area (Å²) in [6, 6.07) is 5.30. The smallest absolute Gasteiger partial charge is 0.253 e. The van der Waals surface area contributed by atoms with Crippen molar-refractivity contribution in [2.45, 2.75) is 13.8 Å². The van der Waals surface area contributed by atoms with Gasteiger partial charge < -0.3 is 4.90 Å². The molecule has 0 unspecified atom stereocenters. The molecule has 2 aromatic rings. The molecule has 0 N–H and O–H groups in total. The van der Waals surface area contributed by atoms with Gasteiger partial charge in [-0.05, 0) is 32.0 Å². The highest BCUT2D eigenvalue weighted by Gasteiger charge is 2.13. The van der Waals surface area contributed by atoms with Crippen molar-refractivity contribution in [3.05, 3.63) is 35.2 Å². The topological polar surface area (TPSA) is 46.1 Å². The summed E-state index contributed by atoms with van der Waals surface area (Å²) in [5, 5.41) is 1.16. The Morgan fingerprint density at radius 1 is 1.28 bits per heavy atom. The van der Waals surface area contributed by atoms with E-state index in [1.165, 1.54) is 6.33 Å². The lowest BCUT2D eigenvalue weighted by atomic mass is 10.1. The van der Waals surface area contributed by atoms with Crippen LogP contribution in [0.25, 0.3) is 10.9 Å². The van der Waals surface area contributed by atoms with Crippen LogP contribution in [0.4, 0.5) is 0 Å². The van der Waals surface area contributed by atoms with Gasteiger partial charge in [-0.15, -0.1) is 0 Å². The van der Waals surface area contributed by atoms with E-state index in [0.29, 0.717) is 29.3 Å². The Hall–Kier alpha value is -1.68. The van der Waals surface area contributed by atoms with Gasteiger partial charge in [-0.3, -0.25) is 4.79 Å². The molecule has 0 saturated heterocycles. The number of carbonyl (C=O) groups excluding carboxylic acids is 1. The Kier molecular flexibility index (Phi) is 3.77. The van der Waals surface area contributed by atoms with Crippen LogP contribution in [-0.2, 0) is 0 Å². The monoisotopic (exact) mass is 263 g/mol. The first-order chi connectivity index (χ1) is 8.67. The SMILES string of the molecule is CCN(CC)C(=O)c1ccc2c(Cl)ncnc2c1. The normalized spacial score (nSPS) is 10.6. The summed E-state index contributed by atoms with van der Waals surface area (Å²) >= 11 is 5.96. The lowest BCUT2D eigenvalue weighted by molar-refractivity contribution is 0.0773. The number of halogens is 1. The van der Waals surface area contributed by atoms with Crippen LogP contribution in [0.2, 0.25) is 5.15 Å². The Morgan fingerprint density at radius 3 is 2.67 bits per heavy atom. The Morgan fingerprint density at radius 2 is 2.00 bits per heavy atom. The Bertz CT molecular complexity index is 581. The highest BCUT2D eigenvalue weighted by atomic mass is 35.5. The third-order valence-electron chi connectivity index (χ3n) is 2.89. The van der Waals surface area contributed by atoms with Crippen LogP contribution in [0, 0.1) is 0 Å². The Balaban J connectivity index is 2.44. The molecule has 1 aromatic carbocycles. The van der Waals surface area contributed by atoms with Crippen LogP contribution in [0.1, 0.15) is 24.2 Å². The van der Waals surface area contributed by atoms with Crippen molar-refractivity contribution in [2.75, 3.05) is 13.1 Å². The van der Waals surface area contributed by atoms with Crippen molar-refractivity contribution in [3.63, 3.8) is 0 Å². The van der Waals surface area contributed by atoms with E-state index in [9.17, 15) is 4.79 Å². The van der Waals surface area contributed by atoms with Crippen molar-refractivity contribution in [1.82, 2.24) is 14.9 Å². The lowest BCUT2D eigenvalue weighted by Gasteiger charge is -2.18. The molecule has 1 aromatic heterocycles. The highest BCUT2D eigenvalue weighted by Crippen LogP contribution is 2.20. The van der Waals surface area contributed by atoms with Gasteiger partial charge in [0.2, 0.25) is 0 Å². The van der Waals surface area contributed by atoms with Crippen LogP contribution < -0.4 is 0 Å². The number of amides is 1. The lowest BCUT2D eigenvalue weighted by Crippen LogP contribution is -2.30. The van der Waals surface area contributed by atoms with Gasteiger partial charge in [-0.1, -0.05) is 11.6 Å².